The lowest BCUT2D eigenvalue weighted by Gasteiger charge is -2.13. The van der Waals surface area contributed by atoms with Crippen molar-refractivity contribution >= 4 is 40.0 Å². The number of alkyl halides is 3. The Labute approximate surface area is 218 Å². The van der Waals surface area contributed by atoms with Gasteiger partial charge in [-0.1, -0.05) is 17.7 Å². The van der Waals surface area contributed by atoms with Crippen LogP contribution in [0.5, 0.6) is 11.5 Å². The fraction of sp³-hybridized carbons (Fsp3) is 0.120. The number of benzene rings is 2. The first-order valence-electron chi connectivity index (χ1n) is 11.3. The molecule has 3 aromatic heterocycles. The van der Waals surface area contributed by atoms with Crippen LogP contribution in [0, 0.1) is 0 Å². The number of anilines is 2. The number of nitrogens with one attached hydrogen (secondary N) is 3. The number of aromatic nitrogens is 5. The molecular weight excluding hydrogens is 523 g/mol. The molecule has 0 atom stereocenters. The number of ether oxygens (including phenoxy) is 1. The van der Waals surface area contributed by atoms with Gasteiger partial charge < -0.3 is 19.9 Å². The van der Waals surface area contributed by atoms with Crippen LogP contribution in [0.1, 0.15) is 16.1 Å². The number of aromatic amines is 1. The maximum atomic E-state index is 13.0. The number of nitrogens with zero attached hydrogens (tertiary/aromatic N) is 4. The summed E-state index contributed by atoms with van der Waals surface area (Å²) in [5.41, 5.74) is 1.53. The highest BCUT2D eigenvalue weighted by molar-refractivity contribution is 6.32. The summed E-state index contributed by atoms with van der Waals surface area (Å²) in [5.74, 6) is 0.441. The molecule has 0 aliphatic rings. The lowest BCUT2D eigenvalue weighted by molar-refractivity contribution is -0.137. The summed E-state index contributed by atoms with van der Waals surface area (Å²) >= 11 is 6.37. The minimum atomic E-state index is -4.48. The molecule has 194 valence electrons. The van der Waals surface area contributed by atoms with E-state index in [1.807, 2.05) is 16.8 Å². The molecule has 38 heavy (non-hydrogen) atoms. The number of fused-ring (bicyclic) bond motifs is 1. The van der Waals surface area contributed by atoms with Crippen molar-refractivity contribution in [1.29, 1.82) is 0 Å². The standard InChI is InChI=1S/C25H19ClF3N7O2/c26-18-13-16(4-5-21(18)38-17-3-1-2-15(12-17)25(27,28)29)34-23-22-19(31-14-32-23)7-10-36(22)11-9-30-24(37)20-6-8-33-35-20/h1-8,10,12-14H,9,11H2,(H,30,37)(H,33,35)(H,31,32,34). The number of halogens is 4. The van der Waals surface area contributed by atoms with Crippen LogP contribution < -0.4 is 15.4 Å². The van der Waals surface area contributed by atoms with Crippen LogP contribution in [0.4, 0.5) is 24.7 Å². The van der Waals surface area contributed by atoms with Crippen LogP contribution in [-0.2, 0) is 12.7 Å². The van der Waals surface area contributed by atoms with Gasteiger partial charge >= 0.3 is 6.18 Å². The first kappa shape index (κ1) is 25.1. The molecule has 0 saturated heterocycles. The quantitative estimate of drug-likeness (QED) is 0.229. The third-order valence-corrected chi connectivity index (χ3v) is 5.81. The zero-order valence-corrected chi connectivity index (χ0v) is 20.2. The summed E-state index contributed by atoms with van der Waals surface area (Å²) in [4.78, 5) is 20.8. The minimum absolute atomic E-state index is 0.0115. The number of carbonyl (C=O) groups excluding carboxylic acids is 1. The van der Waals surface area contributed by atoms with Gasteiger partial charge in [0.1, 0.15) is 29.0 Å². The lowest BCUT2D eigenvalue weighted by atomic mass is 10.2. The van der Waals surface area contributed by atoms with Crippen LogP contribution in [0.3, 0.4) is 0 Å². The van der Waals surface area contributed by atoms with Gasteiger partial charge in [0.2, 0.25) is 0 Å². The zero-order valence-electron chi connectivity index (χ0n) is 19.5. The molecule has 0 aliphatic carbocycles. The lowest BCUT2D eigenvalue weighted by Crippen LogP contribution is -2.27. The summed E-state index contributed by atoms with van der Waals surface area (Å²) in [5, 5.41) is 12.6. The second-order valence-electron chi connectivity index (χ2n) is 8.09. The summed E-state index contributed by atoms with van der Waals surface area (Å²) in [7, 11) is 0. The first-order valence-corrected chi connectivity index (χ1v) is 11.6. The number of amides is 1. The van der Waals surface area contributed by atoms with Crippen LogP contribution in [0.2, 0.25) is 5.02 Å². The first-order chi connectivity index (χ1) is 18.3. The second-order valence-corrected chi connectivity index (χ2v) is 8.50. The van der Waals surface area contributed by atoms with Crippen LogP contribution in [0.25, 0.3) is 11.0 Å². The molecule has 13 heteroatoms. The van der Waals surface area contributed by atoms with Gasteiger partial charge in [0, 0.05) is 31.2 Å². The molecule has 1 amide bonds. The Hall–Kier alpha value is -4.58. The van der Waals surface area contributed by atoms with Crippen LogP contribution >= 0.6 is 11.6 Å². The molecular formula is C25H19ClF3N7O2. The summed E-state index contributed by atoms with van der Waals surface area (Å²) in [6.07, 6.45) is 0.274. The molecule has 0 aliphatic heterocycles. The van der Waals surface area contributed by atoms with E-state index < -0.39 is 11.7 Å². The molecule has 0 radical (unpaired) electrons. The van der Waals surface area contributed by atoms with Gasteiger partial charge in [-0.3, -0.25) is 9.89 Å². The molecule has 3 heterocycles. The van der Waals surface area contributed by atoms with Crippen LogP contribution in [0.15, 0.2) is 73.3 Å². The van der Waals surface area contributed by atoms with Crippen molar-refractivity contribution < 1.29 is 22.7 Å². The predicted molar refractivity (Wildman–Crippen MR) is 135 cm³/mol. The number of hydrogen-bond acceptors (Lipinski definition) is 6. The number of H-pyrrole nitrogens is 1. The molecule has 2 aromatic carbocycles. The fourth-order valence-electron chi connectivity index (χ4n) is 3.74. The van der Waals surface area contributed by atoms with Crippen molar-refractivity contribution in [3.8, 4) is 11.5 Å². The van der Waals surface area contributed by atoms with Gasteiger partial charge in [-0.25, -0.2) is 9.97 Å². The topological polar surface area (TPSA) is 110 Å². The average molecular weight is 542 g/mol. The maximum Gasteiger partial charge on any atom is 0.416 e. The van der Waals surface area contributed by atoms with Gasteiger partial charge in [0.05, 0.1) is 16.1 Å². The molecule has 0 bridgehead atoms. The largest absolute Gasteiger partial charge is 0.456 e. The molecule has 0 unspecified atom stereocenters. The molecule has 5 aromatic rings. The highest BCUT2D eigenvalue weighted by Crippen LogP contribution is 2.36. The maximum absolute atomic E-state index is 13.0. The van der Waals surface area contributed by atoms with E-state index in [1.165, 1.54) is 24.7 Å². The monoisotopic (exact) mass is 541 g/mol. The third-order valence-electron chi connectivity index (χ3n) is 5.52. The zero-order chi connectivity index (χ0) is 26.7. The van der Waals surface area contributed by atoms with Gasteiger partial charge in [-0.05, 0) is 48.5 Å². The van der Waals surface area contributed by atoms with Gasteiger partial charge in [-0.2, -0.15) is 18.3 Å². The Bertz CT molecular complexity index is 1590. The number of rotatable bonds is 8. The van der Waals surface area contributed by atoms with E-state index >= 15 is 0 Å². The van der Waals surface area contributed by atoms with E-state index in [2.05, 4.69) is 30.8 Å². The van der Waals surface area contributed by atoms with Crippen molar-refractivity contribution in [3.63, 3.8) is 0 Å². The predicted octanol–water partition coefficient (Wildman–Crippen LogP) is 5.79. The van der Waals surface area contributed by atoms with E-state index in [0.717, 1.165) is 12.1 Å². The highest BCUT2D eigenvalue weighted by atomic mass is 35.5. The number of hydrogen-bond donors (Lipinski definition) is 3. The Morgan fingerprint density at radius 1 is 1.11 bits per heavy atom. The SMILES string of the molecule is O=C(NCCn1ccc2ncnc(Nc3ccc(Oc4cccc(C(F)(F)F)c4)c(Cl)c3)c21)c1ccn[nH]1. The summed E-state index contributed by atoms with van der Waals surface area (Å²) in [6, 6.07) is 12.8. The highest BCUT2D eigenvalue weighted by Gasteiger charge is 2.30. The fourth-order valence-corrected chi connectivity index (χ4v) is 3.96. The Balaban J connectivity index is 1.30. The van der Waals surface area contributed by atoms with E-state index in [4.69, 9.17) is 16.3 Å². The van der Waals surface area contributed by atoms with Gasteiger partial charge in [0.15, 0.2) is 5.82 Å². The Morgan fingerprint density at radius 2 is 1.97 bits per heavy atom. The van der Waals surface area contributed by atoms with E-state index in [-0.39, 0.29) is 22.4 Å². The molecule has 0 saturated carbocycles. The molecule has 9 nitrogen and oxygen atoms in total. The number of carbonyl (C=O) groups is 1. The molecule has 3 N–H and O–H groups in total. The van der Waals surface area contributed by atoms with Gasteiger partial charge in [0.25, 0.3) is 5.91 Å². The summed E-state index contributed by atoms with van der Waals surface area (Å²) in [6.45, 7) is 0.805. The van der Waals surface area contributed by atoms with E-state index in [1.54, 1.807) is 24.3 Å². The van der Waals surface area contributed by atoms with Crippen molar-refractivity contribution in [1.82, 2.24) is 30.0 Å². The van der Waals surface area contributed by atoms with Crippen LogP contribution in [-0.4, -0.2) is 37.2 Å². The van der Waals surface area contributed by atoms with Crippen molar-refractivity contribution in [2.75, 3.05) is 11.9 Å². The van der Waals surface area contributed by atoms with E-state index in [0.29, 0.717) is 41.3 Å². The van der Waals surface area contributed by atoms with Gasteiger partial charge in [-0.15, -0.1) is 0 Å². The smallest absolute Gasteiger partial charge is 0.416 e. The summed E-state index contributed by atoms with van der Waals surface area (Å²) < 4.78 is 46.5. The normalized spacial score (nSPS) is 11.5. The van der Waals surface area contributed by atoms with Crippen molar-refractivity contribution in [2.24, 2.45) is 0 Å². The van der Waals surface area contributed by atoms with Crippen molar-refractivity contribution in [3.05, 3.63) is 89.6 Å². The third kappa shape index (κ3) is 5.54. The Morgan fingerprint density at radius 3 is 2.74 bits per heavy atom. The Kier molecular flexibility index (Phi) is 6.88. The molecule has 0 fully saturated rings. The molecule has 0 spiro atoms. The minimum Gasteiger partial charge on any atom is -0.456 e. The van der Waals surface area contributed by atoms with Crippen molar-refractivity contribution in [2.45, 2.75) is 12.7 Å². The molecule has 5 rings (SSSR count). The average Bonchev–Trinajstić information content (AvgIpc) is 3.57. The van der Waals surface area contributed by atoms with E-state index in [9.17, 15) is 18.0 Å². The second kappa shape index (κ2) is 10.4.